The van der Waals surface area contributed by atoms with Gasteiger partial charge >= 0.3 is 6.18 Å². The highest BCUT2D eigenvalue weighted by Crippen LogP contribution is 2.57. The zero-order chi connectivity index (χ0) is 34.3. The molecule has 11 heteroatoms. The maximum Gasteiger partial charge on any atom is 0.416 e. The van der Waals surface area contributed by atoms with Crippen LogP contribution in [0.5, 0.6) is 0 Å². The molecule has 2 aromatic rings. The molecule has 6 nitrogen and oxygen atoms in total. The van der Waals surface area contributed by atoms with Crippen molar-refractivity contribution in [3.05, 3.63) is 63.2 Å². The predicted octanol–water partition coefficient (Wildman–Crippen LogP) is 8.94. The number of ether oxygens (including phenoxy) is 2. The molecule has 2 aliphatic heterocycles. The number of hydrogen-bond donors (Lipinski definition) is 3. The number of carboxylic acid groups (broad SMARTS) is 1. The summed E-state index contributed by atoms with van der Waals surface area (Å²) < 4.78 is 67.2. The highest BCUT2D eigenvalue weighted by Gasteiger charge is 2.52. The van der Waals surface area contributed by atoms with E-state index in [-0.39, 0.29) is 16.9 Å². The average molecular weight is 660 g/mol. The first-order chi connectivity index (χ1) is 21.0. The van der Waals surface area contributed by atoms with Crippen LogP contribution < -0.4 is 0 Å². The van der Waals surface area contributed by atoms with Gasteiger partial charge in [-0.15, -0.1) is 0 Å². The number of aliphatic hydroxyl groups is 1. The van der Waals surface area contributed by atoms with Crippen LogP contribution >= 0.6 is 12.6 Å². The van der Waals surface area contributed by atoms with E-state index in [1.807, 2.05) is 13.8 Å². The molecule has 3 aliphatic rings. The number of hydrogen-bond acceptors (Lipinski definition) is 6. The van der Waals surface area contributed by atoms with E-state index in [1.54, 1.807) is 6.26 Å². The van der Waals surface area contributed by atoms with E-state index in [2.05, 4.69) is 40.3 Å². The Kier molecular flexibility index (Phi) is 13.9. The van der Waals surface area contributed by atoms with E-state index in [0.29, 0.717) is 50.5 Å². The number of carboxylic acids is 1. The van der Waals surface area contributed by atoms with Gasteiger partial charge in [0, 0.05) is 61.1 Å². The molecular weight excluding hydrogens is 610 g/mol. The van der Waals surface area contributed by atoms with Crippen LogP contribution in [0.3, 0.4) is 0 Å². The normalized spacial score (nSPS) is 20.9. The minimum atomic E-state index is -4.64. The molecule has 5 rings (SSSR count). The molecule has 0 saturated carbocycles. The number of aromatic nitrogens is 1. The van der Waals surface area contributed by atoms with Crippen LogP contribution in [-0.2, 0) is 32.5 Å². The monoisotopic (exact) mass is 659 g/mol. The van der Waals surface area contributed by atoms with Crippen LogP contribution in [0.25, 0.3) is 0 Å². The van der Waals surface area contributed by atoms with Crippen molar-refractivity contribution in [2.45, 2.75) is 117 Å². The summed E-state index contributed by atoms with van der Waals surface area (Å²) >= 11 is 3.53. The molecule has 1 aromatic heterocycles. The zero-order valence-corrected chi connectivity index (χ0v) is 28.5. The molecule has 1 saturated heterocycles. The molecule has 0 radical (unpaired) electrons. The van der Waals surface area contributed by atoms with Crippen LogP contribution in [0.2, 0.25) is 0 Å². The molecule has 2 atom stereocenters. The molecule has 1 spiro atoms. The third kappa shape index (κ3) is 9.20. The topological polar surface area (TPSA) is 88.9 Å². The molecule has 0 bridgehead atoms. The first kappa shape index (κ1) is 39.0. The van der Waals surface area contributed by atoms with E-state index in [4.69, 9.17) is 24.4 Å². The van der Waals surface area contributed by atoms with Gasteiger partial charge in [-0.2, -0.15) is 25.8 Å². The lowest BCUT2D eigenvalue weighted by Gasteiger charge is -2.40. The number of pyridine rings is 1. The standard InChI is InChI=1S/C27H31F4NO3.C4H10.C2H4O2.CH4S/c1-14(2)23-21-22(20-18(32-23)12-25(3,4)13-19(20)33)26(7-9-34-10-8-26)35-24(21)16-6-5-15(11-17(16)28)27(29,30)31;1-3-4-2;1-2(3)4;1-2/h5-6,11,14,19,24,33H,7-10,12-13H2,1-4H3;3-4H2,1-2H3;1H3,(H,3,4);2H,1H3. The second-order valence-electron chi connectivity index (χ2n) is 12.7. The number of fused-ring (bicyclic) bond motifs is 4. The molecule has 1 aromatic carbocycles. The van der Waals surface area contributed by atoms with Gasteiger partial charge in [-0.25, -0.2) is 4.39 Å². The summed E-state index contributed by atoms with van der Waals surface area (Å²) in [5.74, 6) is -1.83. The molecule has 2 unspecified atom stereocenters. The van der Waals surface area contributed by atoms with Gasteiger partial charge in [-0.1, -0.05) is 60.5 Å². The third-order valence-corrected chi connectivity index (χ3v) is 8.12. The number of aliphatic hydroxyl groups excluding tert-OH is 1. The van der Waals surface area contributed by atoms with E-state index in [1.165, 1.54) is 18.9 Å². The van der Waals surface area contributed by atoms with Crippen molar-refractivity contribution in [3.8, 4) is 0 Å². The second-order valence-corrected chi connectivity index (χ2v) is 12.7. The molecule has 1 aliphatic carbocycles. The second kappa shape index (κ2) is 16.1. The van der Waals surface area contributed by atoms with Gasteiger partial charge in [0.25, 0.3) is 5.97 Å². The van der Waals surface area contributed by atoms with E-state index < -0.39 is 41.3 Å². The number of benzene rings is 1. The van der Waals surface area contributed by atoms with Crippen molar-refractivity contribution in [2.24, 2.45) is 5.41 Å². The van der Waals surface area contributed by atoms with Gasteiger partial charge in [0.2, 0.25) is 0 Å². The lowest BCUT2D eigenvalue weighted by atomic mass is 9.70. The molecule has 2 N–H and O–H groups in total. The Balaban J connectivity index is 0.000000624. The Hall–Kier alpha value is -2.21. The van der Waals surface area contributed by atoms with Crippen LogP contribution in [0.15, 0.2) is 18.2 Å². The van der Waals surface area contributed by atoms with Crippen LogP contribution in [-0.4, -0.2) is 40.6 Å². The summed E-state index contributed by atoms with van der Waals surface area (Å²) in [7, 11) is 0. The van der Waals surface area contributed by atoms with Gasteiger partial charge in [0.1, 0.15) is 11.9 Å². The van der Waals surface area contributed by atoms with Crippen molar-refractivity contribution >= 4 is 18.6 Å². The quantitative estimate of drug-likeness (QED) is 0.225. The lowest BCUT2D eigenvalue weighted by Crippen LogP contribution is -2.37. The fraction of sp³-hybridized carbons (Fsp3) is 0.647. The van der Waals surface area contributed by atoms with Crippen molar-refractivity contribution in [1.82, 2.24) is 4.98 Å². The average Bonchev–Trinajstić information content (AvgIpc) is 3.26. The van der Waals surface area contributed by atoms with Crippen molar-refractivity contribution in [3.63, 3.8) is 0 Å². The van der Waals surface area contributed by atoms with E-state index in [9.17, 15) is 18.3 Å². The first-order valence-electron chi connectivity index (χ1n) is 15.5. The van der Waals surface area contributed by atoms with Crippen molar-refractivity contribution in [2.75, 3.05) is 19.5 Å². The maximum atomic E-state index is 15.3. The highest BCUT2D eigenvalue weighted by atomic mass is 32.1. The van der Waals surface area contributed by atoms with Crippen molar-refractivity contribution < 1.29 is 42.0 Å². The van der Waals surface area contributed by atoms with E-state index >= 15 is 4.39 Å². The van der Waals surface area contributed by atoms with Gasteiger partial charge in [0.05, 0.1) is 17.3 Å². The fourth-order valence-electron chi connectivity index (χ4n) is 6.07. The summed E-state index contributed by atoms with van der Waals surface area (Å²) in [5.41, 5.74) is 1.94. The molecule has 1 fully saturated rings. The molecule has 254 valence electrons. The smallest absolute Gasteiger partial charge is 0.416 e. The third-order valence-electron chi connectivity index (χ3n) is 8.12. The summed E-state index contributed by atoms with van der Waals surface area (Å²) in [6.07, 6.45) is 0.306. The summed E-state index contributed by atoms with van der Waals surface area (Å²) in [6.45, 7) is 14.5. The SMILES string of the molecule is CC(=O)O.CC(C)c1nc2c(c3c1C(c1ccc(C(F)(F)F)cc1F)OC31CCOCC1)C(O)CC(C)(C)C2.CCCC.CS. The van der Waals surface area contributed by atoms with Gasteiger partial charge in [0.15, 0.2) is 0 Å². The number of nitrogens with zero attached hydrogens (tertiary/aromatic N) is 1. The van der Waals surface area contributed by atoms with Gasteiger partial charge < -0.3 is 19.7 Å². The lowest BCUT2D eigenvalue weighted by molar-refractivity contribution is -0.138. The number of halogens is 4. The predicted molar refractivity (Wildman–Crippen MR) is 170 cm³/mol. The summed E-state index contributed by atoms with van der Waals surface area (Å²) in [4.78, 5) is 14.0. The Morgan fingerprint density at radius 2 is 1.67 bits per heavy atom. The number of alkyl halides is 3. The highest BCUT2D eigenvalue weighted by molar-refractivity contribution is 7.79. The number of thiol groups is 1. The fourth-order valence-corrected chi connectivity index (χ4v) is 6.07. The van der Waals surface area contributed by atoms with E-state index in [0.717, 1.165) is 35.5 Å². The maximum absolute atomic E-state index is 15.3. The molecule has 0 amide bonds. The number of unbranched alkanes of at least 4 members (excludes halogenated alkanes) is 1. The zero-order valence-electron chi connectivity index (χ0n) is 27.6. The van der Waals surface area contributed by atoms with Crippen LogP contribution in [0, 0.1) is 11.2 Å². The summed E-state index contributed by atoms with van der Waals surface area (Å²) in [5, 5.41) is 18.7. The Morgan fingerprint density at radius 3 is 2.13 bits per heavy atom. The van der Waals surface area contributed by atoms with Crippen LogP contribution in [0.1, 0.15) is 138 Å². The molecular formula is C34H49F4NO5S. The van der Waals surface area contributed by atoms with Crippen molar-refractivity contribution in [1.29, 1.82) is 0 Å². The van der Waals surface area contributed by atoms with Crippen LogP contribution in [0.4, 0.5) is 17.6 Å². The minimum absolute atomic E-state index is 0.0326. The largest absolute Gasteiger partial charge is 0.481 e. The minimum Gasteiger partial charge on any atom is -0.481 e. The first-order valence-corrected chi connectivity index (χ1v) is 16.4. The Bertz CT molecular complexity index is 1290. The molecule has 3 heterocycles. The van der Waals surface area contributed by atoms with Gasteiger partial charge in [-0.05, 0) is 48.1 Å². The number of rotatable bonds is 3. The number of aliphatic carboxylic acids is 1. The Morgan fingerprint density at radius 1 is 1.11 bits per heavy atom. The summed E-state index contributed by atoms with van der Waals surface area (Å²) in [6, 6.07) is 2.61. The molecule has 45 heavy (non-hydrogen) atoms. The Labute approximate surface area is 270 Å². The van der Waals surface area contributed by atoms with Gasteiger partial charge in [-0.3, -0.25) is 9.78 Å². The number of carbonyl (C=O) groups is 1.